The number of benzene rings is 1. The van der Waals surface area contributed by atoms with E-state index < -0.39 is 10.0 Å². The highest BCUT2D eigenvalue weighted by atomic mass is 32.2. The van der Waals surface area contributed by atoms with Crippen LogP contribution in [0.15, 0.2) is 29.2 Å². The summed E-state index contributed by atoms with van der Waals surface area (Å²) in [5, 5.41) is 0. The van der Waals surface area contributed by atoms with Gasteiger partial charge in [-0.05, 0) is 31.0 Å². The Morgan fingerprint density at radius 2 is 1.73 bits per heavy atom. The normalized spacial score (nSPS) is 16.7. The van der Waals surface area contributed by atoms with E-state index in [1.165, 1.54) is 32.6 Å². The second kappa shape index (κ2) is 6.79. The quantitative estimate of drug-likeness (QED) is 0.854. The Labute approximate surface area is 133 Å². The third kappa shape index (κ3) is 3.50. The van der Waals surface area contributed by atoms with E-state index in [0.29, 0.717) is 5.56 Å². The van der Waals surface area contributed by atoms with E-state index in [0.717, 1.165) is 30.0 Å². The number of rotatable bonds is 4. The number of nitrogens with zero attached hydrogens (tertiary/aromatic N) is 2. The molecule has 0 bridgehead atoms. The van der Waals surface area contributed by atoms with Crippen molar-refractivity contribution < 1.29 is 13.2 Å². The predicted molar refractivity (Wildman–Crippen MR) is 86.3 cm³/mol. The fourth-order valence-electron chi connectivity index (χ4n) is 2.84. The van der Waals surface area contributed by atoms with Gasteiger partial charge in [-0.2, -0.15) is 0 Å². The summed E-state index contributed by atoms with van der Waals surface area (Å²) in [6.07, 6.45) is 5.58. The summed E-state index contributed by atoms with van der Waals surface area (Å²) in [6.45, 7) is 0. The summed E-state index contributed by atoms with van der Waals surface area (Å²) in [5.41, 5.74) is 0.427. The van der Waals surface area contributed by atoms with Gasteiger partial charge in [0.1, 0.15) is 0 Å². The lowest BCUT2D eigenvalue weighted by molar-refractivity contribution is 0.0696. The molecule has 1 fully saturated rings. The van der Waals surface area contributed by atoms with Gasteiger partial charge in [0.15, 0.2) is 0 Å². The molecule has 1 aliphatic rings. The summed E-state index contributed by atoms with van der Waals surface area (Å²) in [6, 6.07) is 6.55. The lowest BCUT2D eigenvalue weighted by Crippen LogP contribution is -2.38. The lowest BCUT2D eigenvalue weighted by Gasteiger charge is -2.31. The van der Waals surface area contributed by atoms with E-state index >= 15 is 0 Å². The molecule has 0 N–H and O–H groups in total. The van der Waals surface area contributed by atoms with Crippen molar-refractivity contribution in [1.82, 2.24) is 9.21 Å². The van der Waals surface area contributed by atoms with Crippen LogP contribution in [-0.2, 0) is 10.0 Å². The van der Waals surface area contributed by atoms with E-state index in [1.54, 1.807) is 17.0 Å². The molecule has 1 amide bonds. The van der Waals surface area contributed by atoms with Gasteiger partial charge in [0.25, 0.3) is 5.91 Å². The highest BCUT2D eigenvalue weighted by Crippen LogP contribution is 2.23. The molecule has 6 heteroatoms. The topological polar surface area (TPSA) is 57.7 Å². The van der Waals surface area contributed by atoms with Crippen LogP contribution in [0.3, 0.4) is 0 Å². The molecular formula is C16H24N2O3S. The van der Waals surface area contributed by atoms with Crippen LogP contribution in [0.2, 0.25) is 0 Å². The van der Waals surface area contributed by atoms with Crippen molar-refractivity contribution in [1.29, 1.82) is 0 Å². The van der Waals surface area contributed by atoms with Crippen LogP contribution >= 0.6 is 0 Å². The van der Waals surface area contributed by atoms with Crippen molar-refractivity contribution >= 4 is 15.9 Å². The van der Waals surface area contributed by atoms with Gasteiger partial charge in [-0.15, -0.1) is 0 Å². The van der Waals surface area contributed by atoms with Crippen molar-refractivity contribution in [2.24, 2.45) is 0 Å². The van der Waals surface area contributed by atoms with Crippen LogP contribution in [0, 0.1) is 0 Å². The minimum atomic E-state index is -3.52. The number of sulfonamides is 1. The number of hydrogen-bond acceptors (Lipinski definition) is 3. The monoisotopic (exact) mass is 324 g/mol. The summed E-state index contributed by atoms with van der Waals surface area (Å²) in [4.78, 5) is 14.5. The molecule has 1 aromatic carbocycles. The zero-order chi connectivity index (χ0) is 16.3. The summed E-state index contributed by atoms with van der Waals surface area (Å²) in [7, 11) is 1.26. The molecule has 1 saturated carbocycles. The van der Waals surface area contributed by atoms with Gasteiger partial charge in [-0.1, -0.05) is 25.3 Å². The van der Waals surface area contributed by atoms with Gasteiger partial charge in [0.2, 0.25) is 10.0 Å². The van der Waals surface area contributed by atoms with Crippen LogP contribution in [0.5, 0.6) is 0 Å². The van der Waals surface area contributed by atoms with E-state index in [4.69, 9.17) is 0 Å². The molecule has 1 aromatic rings. The molecule has 0 radical (unpaired) electrons. The van der Waals surface area contributed by atoms with Crippen LogP contribution in [0.4, 0.5) is 0 Å². The number of carbonyl (C=O) groups is 1. The van der Waals surface area contributed by atoms with Crippen LogP contribution in [0.1, 0.15) is 42.5 Å². The molecule has 0 saturated heterocycles. The Morgan fingerprint density at radius 1 is 1.09 bits per heavy atom. The number of carbonyl (C=O) groups excluding carboxylic acids is 1. The maximum absolute atomic E-state index is 12.6. The van der Waals surface area contributed by atoms with Crippen LogP contribution < -0.4 is 0 Å². The number of hydrogen-bond donors (Lipinski definition) is 0. The molecule has 0 heterocycles. The highest BCUT2D eigenvalue weighted by molar-refractivity contribution is 7.89. The summed E-state index contributed by atoms with van der Waals surface area (Å²) < 4.78 is 25.5. The first-order valence-electron chi connectivity index (χ1n) is 7.64. The first-order chi connectivity index (χ1) is 10.3. The van der Waals surface area contributed by atoms with Crippen molar-refractivity contribution in [3.63, 3.8) is 0 Å². The molecule has 0 aromatic heterocycles. The maximum Gasteiger partial charge on any atom is 0.253 e. The molecule has 22 heavy (non-hydrogen) atoms. The molecule has 0 spiro atoms. The van der Waals surface area contributed by atoms with Crippen molar-refractivity contribution in [3.05, 3.63) is 29.8 Å². The maximum atomic E-state index is 12.6. The van der Waals surface area contributed by atoms with Crippen molar-refractivity contribution in [2.45, 2.75) is 43.0 Å². The van der Waals surface area contributed by atoms with E-state index in [-0.39, 0.29) is 16.8 Å². The first kappa shape index (κ1) is 17.0. The van der Waals surface area contributed by atoms with Crippen molar-refractivity contribution in [3.8, 4) is 0 Å². The van der Waals surface area contributed by atoms with E-state index in [1.807, 2.05) is 7.05 Å². The smallest absolute Gasteiger partial charge is 0.253 e. The zero-order valence-corrected chi connectivity index (χ0v) is 14.3. The minimum absolute atomic E-state index is 0.109. The second-order valence-electron chi connectivity index (χ2n) is 6.02. The zero-order valence-electron chi connectivity index (χ0n) is 13.4. The Balaban J connectivity index is 2.23. The third-order valence-electron chi connectivity index (χ3n) is 4.30. The predicted octanol–water partition coefficient (Wildman–Crippen LogP) is 2.34. The molecule has 5 nitrogen and oxygen atoms in total. The molecule has 122 valence electrons. The van der Waals surface area contributed by atoms with Crippen molar-refractivity contribution in [2.75, 3.05) is 21.1 Å². The van der Waals surface area contributed by atoms with Crippen LogP contribution in [0.25, 0.3) is 0 Å². The van der Waals surface area contributed by atoms with Gasteiger partial charge in [-0.3, -0.25) is 4.79 Å². The van der Waals surface area contributed by atoms with E-state index in [2.05, 4.69) is 0 Å². The highest BCUT2D eigenvalue weighted by Gasteiger charge is 2.24. The molecule has 1 aliphatic carbocycles. The van der Waals surface area contributed by atoms with Gasteiger partial charge in [-0.25, -0.2) is 12.7 Å². The van der Waals surface area contributed by atoms with Gasteiger partial charge in [0, 0.05) is 32.7 Å². The molecule has 2 rings (SSSR count). The van der Waals surface area contributed by atoms with E-state index in [9.17, 15) is 13.2 Å². The number of amides is 1. The standard InChI is InChI=1S/C16H24N2O3S/c1-17(2)22(20,21)15-11-7-8-13(12-15)16(19)18(3)14-9-5-4-6-10-14/h7-8,11-12,14H,4-6,9-10H2,1-3H3. The second-order valence-corrected chi connectivity index (χ2v) is 8.17. The Morgan fingerprint density at radius 3 is 2.32 bits per heavy atom. The average Bonchev–Trinajstić information content (AvgIpc) is 2.54. The lowest BCUT2D eigenvalue weighted by atomic mass is 9.94. The van der Waals surface area contributed by atoms with Gasteiger partial charge < -0.3 is 4.90 Å². The average molecular weight is 324 g/mol. The fourth-order valence-corrected chi connectivity index (χ4v) is 3.79. The van der Waals surface area contributed by atoms with Gasteiger partial charge >= 0.3 is 0 Å². The van der Waals surface area contributed by atoms with Gasteiger partial charge in [0.05, 0.1) is 4.90 Å². The first-order valence-corrected chi connectivity index (χ1v) is 9.08. The molecule has 0 atom stereocenters. The minimum Gasteiger partial charge on any atom is -0.339 e. The Bertz CT molecular complexity index is 635. The SMILES string of the molecule is CN(C(=O)c1cccc(S(=O)(=O)N(C)C)c1)C1CCCCC1. The third-order valence-corrected chi connectivity index (χ3v) is 6.11. The Hall–Kier alpha value is -1.40. The molecule has 0 unspecified atom stereocenters. The largest absolute Gasteiger partial charge is 0.339 e. The molecule has 0 aliphatic heterocycles. The fraction of sp³-hybridized carbons (Fsp3) is 0.562. The molecular weight excluding hydrogens is 300 g/mol. The summed E-state index contributed by atoms with van der Waals surface area (Å²) >= 11 is 0. The van der Waals surface area contributed by atoms with Crippen LogP contribution in [-0.4, -0.2) is 50.7 Å². The Kier molecular flexibility index (Phi) is 5.24. The summed E-state index contributed by atoms with van der Waals surface area (Å²) in [5.74, 6) is -0.109.